The van der Waals surface area contributed by atoms with Crippen LogP contribution in [0.25, 0.3) is 0 Å². The lowest BCUT2D eigenvalue weighted by Gasteiger charge is -2.62. The fraction of sp³-hybridized carbons (Fsp3) is 0.976. The number of fused-ring (bicyclic) bond motifs is 5. The summed E-state index contributed by atoms with van der Waals surface area (Å²) >= 11 is 0. The highest BCUT2D eigenvalue weighted by Crippen LogP contribution is 2.69. The van der Waals surface area contributed by atoms with E-state index in [2.05, 4.69) is 66.5 Å². The lowest BCUT2D eigenvalue weighted by Crippen LogP contribution is -2.66. The van der Waals surface area contributed by atoms with Gasteiger partial charge in [0, 0.05) is 17.2 Å². The van der Waals surface area contributed by atoms with Crippen LogP contribution < -0.4 is 5.32 Å². The van der Waals surface area contributed by atoms with Gasteiger partial charge in [-0.05, 0) is 172 Å². The molecule has 15 unspecified atom stereocenters. The SMILES string of the molecule is CCCC(C)C1CCC2C3CCC4CC(CC5NC(C)C67P=CC(C)(C)CCC6CCCC7C5C)CCC4(C)C3CCC12C. The highest BCUT2D eigenvalue weighted by Gasteiger charge is 2.61. The Hall–Kier alpha value is 0.130. The predicted molar refractivity (Wildman–Crippen MR) is 193 cm³/mol. The molecule has 1 spiro atoms. The third-order valence-electron chi connectivity index (χ3n) is 17.4. The van der Waals surface area contributed by atoms with Crippen molar-refractivity contribution in [1.82, 2.24) is 5.32 Å². The lowest BCUT2D eigenvalue weighted by atomic mass is 9.43. The molecule has 15 atom stereocenters. The Balaban J connectivity index is 1.02. The molecule has 44 heavy (non-hydrogen) atoms. The Kier molecular flexibility index (Phi) is 8.85. The van der Waals surface area contributed by atoms with Gasteiger partial charge in [0.05, 0.1) is 0 Å². The van der Waals surface area contributed by atoms with Crippen molar-refractivity contribution in [2.75, 3.05) is 0 Å². The average molecular weight is 622 g/mol. The van der Waals surface area contributed by atoms with Crippen LogP contribution in [0, 0.1) is 75.4 Å². The van der Waals surface area contributed by atoms with Gasteiger partial charge < -0.3 is 5.32 Å². The van der Waals surface area contributed by atoms with Crippen molar-refractivity contribution in [2.24, 2.45) is 75.4 Å². The Bertz CT molecular complexity index is 1060. The summed E-state index contributed by atoms with van der Waals surface area (Å²) in [5.74, 6) is 12.4. The maximum Gasteiger partial charge on any atom is 0.0329 e. The number of hydrogen-bond donors (Lipinski definition) is 1. The fourth-order valence-electron chi connectivity index (χ4n) is 15.0. The van der Waals surface area contributed by atoms with Gasteiger partial charge in [0.25, 0.3) is 0 Å². The second kappa shape index (κ2) is 11.9. The van der Waals surface area contributed by atoms with E-state index in [9.17, 15) is 0 Å². The smallest absolute Gasteiger partial charge is 0.0329 e. The Morgan fingerprint density at radius 2 is 1.57 bits per heavy atom. The van der Waals surface area contributed by atoms with E-state index < -0.39 is 0 Å². The van der Waals surface area contributed by atoms with E-state index in [0.29, 0.717) is 27.4 Å². The lowest BCUT2D eigenvalue weighted by molar-refractivity contribution is -0.122. The molecule has 0 aromatic carbocycles. The van der Waals surface area contributed by atoms with Crippen LogP contribution in [0.5, 0.6) is 0 Å². The summed E-state index contributed by atoms with van der Waals surface area (Å²) in [5.41, 5.74) is 1.69. The van der Waals surface area contributed by atoms with E-state index in [1.807, 2.05) is 0 Å². The maximum absolute atomic E-state index is 4.41. The van der Waals surface area contributed by atoms with Crippen molar-refractivity contribution in [2.45, 2.75) is 182 Å². The summed E-state index contributed by atoms with van der Waals surface area (Å²) in [6, 6.07) is 1.41. The quantitative estimate of drug-likeness (QED) is 0.301. The zero-order chi connectivity index (χ0) is 31.1. The summed E-state index contributed by atoms with van der Waals surface area (Å²) in [7, 11) is 1.68. The van der Waals surface area contributed by atoms with Crippen LogP contribution in [0.4, 0.5) is 0 Å². The summed E-state index contributed by atoms with van der Waals surface area (Å²) in [6.07, 6.45) is 25.5. The summed E-state index contributed by atoms with van der Waals surface area (Å²) in [6.45, 7) is 20.9. The molecule has 5 aliphatic carbocycles. The van der Waals surface area contributed by atoms with E-state index in [1.54, 1.807) is 46.7 Å². The van der Waals surface area contributed by atoms with Crippen LogP contribution in [0.3, 0.4) is 0 Å². The first kappa shape index (κ1) is 32.7. The van der Waals surface area contributed by atoms with Gasteiger partial charge in [-0.2, -0.15) is 0 Å². The molecule has 2 aliphatic heterocycles. The van der Waals surface area contributed by atoms with Crippen LogP contribution in [0.15, 0.2) is 0 Å². The van der Waals surface area contributed by atoms with Crippen molar-refractivity contribution >= 4 is 14.0 Å². The predicted octanol–water partition coefficient (Wildman–Crippen LogP) is 11.8. The first-order valence-electron chi connectivity index (χ1n) is 20.3. The first-order valence-corrected chi connectivity index (χ1v) is 21.2. The van der Waals surface area contributed by atoms with Gasteiger partial charge in [-0.25, -0.2) is 0 Å². The molecule has 0 aromatic heterocycles. The average Bonchev–Trinajstić information content (AvgIpc) is 3.28. The minimum atomic E-state index is 0.412. The molecule has 2 heterocycles. The number of piperidine rings is 1. The van der Waals surface area contributed by atoms with Crippen LogP contribution in [-0.2, 0) is 0 Å². The maximum atomic E-state index is 4.41. The van der Waals surface area contributed by atoms with Crippen molar-refractivity contribution in [3.8, 4) is 0 Å². The third-order valence-corrected chi connectivity index (χ3v) is 19.7. The molecule has 1 N–H and O–H groups in total. The molecular weight excluding hydrogens is 549 g/mol. The van der Waals surface area contributed by atoms with E-state index in [4.69, 9.17) is 0 Å². The van der Waals surface area contributed by atoms with Crippen molar-refractivity contribution in [1.29, 1.82) is 0 Å². The molecule has 0 aromatic rings. The molecule has 7 rings (SSSR count). The number of rotatable bonds is 5. The highest BCUT2D eigenvalue weighted by molar-refractivity contribution is 7.40. The molecule has 7 aliphatic rings. The first-order chi connectivity index (χ1) is 20.9. The topological polar surface area (TPSA) is 12.0 Å². The Morgan fingerprint density at radius 3 is 2.36 bits per heavy atom. The van der Waals surface area contributed by atoms with E-state index in [1.165, 1.54) is 70.6 Å². The van der Waals surface area contributed by atoms with Gasteiger partial charge in [0.2, 0.25) is 0 Å². The van der Waals surface area contributed by atoms with E-state index in [-0.39, 0.29) is 0 Å². The van der Waals surface area contributed by atoms with Gasteiger partial charge in [0.1, 0.15) is 0 Å². The standard InChI is InChI=1S/C42H72NP/c1-9-11-27(2)34-16-17-36-33-15-14-32-24-30(18-22-40(32,7)37(33)20-23-41(34,36)8)25-38-28(3)35-13-10-12-31-19-21-39(5,6)26-44-42(31,35)29(4)43-38/h26-38,43H,9-25H2,1-8H3. The van der Waals surface area contributed by atoms with Crippen molar-refractivity contribution < 1.29 is 0 Å². The largest absolute Gasteiger partial charge is 0.310 e. The van der Waals surface area contributed by atoms with Gasteiger partial charge >= 0.3 is 0 Å². The molecule has 1 saturated heterocycles. The molecular formula is C42H72NP. The van der Waals surface area contributed by atoms with Crippen LogP contribution in [0.2, 0.25) is 0 Å². The minimum absolute atomic E-state index is 0.412. The molecule has 0 bridgehead atoms. The molecule has 0 amide bonds. The highest BCUT2D eigenvalue weighted by atomic mass is 31.1. The summed E-state index contributed by atoms with van der Waals surface area (Å²) in [5, 5.41) is 4.90. The van der Waals surface area contributed by atoms with Gasteiger partial charge in [0.15, 0.2) is 0 Å². The molecule has 0 radical (unpaired) electrons. The Labute approximate surface area is 275 Å². The second-order valence-electron chi connectivity index (χ2n) is 19.8. The third kappa shape index (κ3) is 5.11. The normalized spacial score (nSPS) is 54.1. The molecule has 2 heteroatoms. The van der Waals surface area contributed by atoms with Crippen LogP contribution in [-0.4, -0.2) is 23.0 Å². The van der Waals surface area contributed by atoms with E-state index >= 15 is 0 Å². The summed E-state index contributed by atoms with van der Waals surface area (Å²) in [4.78, 5) is 0. The van der Waals surface area contributed by atoms with E-state index in [0.717, 1.165) is 65.2 Å². The van der Waals surface area contributed by atoms with Crippen molar-refractivity contribution in [3.63, 3.8) is 0 Å². The monoisotopic (exact) mass is 622 g/mol. The summed E-state index contributed by atoms with van der Waals surface area (Å²) < 4.78 is 0. The molecule has 6 fully saturated rings. The second-order valence-corrected chi connectivity index (χ2v) is 21.1. The molecule has 1 nitrogen and oxygen atoms in total. The van der Waals surface area contributed by atoms with Gasteiger partial charge in [-0.3, -0.25) is 0 Å². The fourth-order valence-corrected chi connectivity index (χ4v) is 17.0. The Morgan fingerprint density at radius 1 is 0.795 bits per heavy atom. The van der Waals surface area contributed by atoms with Crippen LogP contribution >= 0.6 is 8.20 Å². The molecule has 5 saturated carbocycles. The minimum Gasteiger partial charge on any atom is -0.310 e. The zero-order valence-electron chi connectivity index (χ0n) is 30.5. The zero-order valence-corrected chi connectivity index (χ0v) is 31.4. The van der Waals surface area contributed by atoms with Crippen molar-refractivity contribution in [3.05, 3.63) is 0 Å². The van der Waals surface area contributed by atoms with Crippen LogP contribution in [0.1, 0.15) is 165 Å². The van der Waals surface area contributed by atoms with Gasteiger partial charge in [-0.15, -0.1) is 0 Å². The van der Waals surface area contributed by atoms with Gasteiger partial charge in [-0.1, -0.05) is 81.7 Å². The number of hydrogen-bond acceptors (Lipinski definition) is 1. The molecule has 250 valence electrons. The number of nitrogens with one attached hydrogen (secondary N) is 1.